The van der Waals surface area contributed by atoms with Crippen LogP contribution in [0.5, 0.6) is 11.5 Å². The van der Waals surface area contributed by atoms with E-state index in [9.17, 15) is 5.11 Å². The number of anilines is 1. The van der Waals surface area contributed by atoms with Gasteiger partial charge in [0.1, 0.15) is 11.5 Å². The second-order valence-corrected chi connectivity index (χ2v) is 5.29. The molecule has 0 saturated heterocycles. The summed E-state index contributed by atoms with van der Waals surface area (Å²) in [5, 5.41) is 21.6. The quantitative estimate of drug-likeness (QED) is 0.538. The molecule has 0 aliphatic rings. The Bertz CT molecular complexity index is 917. The first-order valence-electron chi connectivity index (χ1n) is 7.28. The molecule has 3 rings (SSSR count). The van der Waals surface area contributed by atoms with Crippen LogP contribution in [-0.4, -0.2) is 33.6 Å². The lowest BCUT2D eigenvalue weighted by Gasteiger charge is -2.07. The van der Waals surface area contributed by atoms with Crippen molar-refractivity contribution in [3.8, 4) is 22.8 Å². The number of methoxy groups -OCH3 is 1. The second kappa shape index (κ2) is 7.59. The van der Waals surface area contributed by atoms with Crippen LogP contribution in [0.3, 0.4) is 0 Å². The van der Waals surface area contributed by atoms with E-state index >= 15 is 0 Å². The third kappa shape index (κ3) is 3.84. The van der Waals surface area contributed by atoms with Gasteiger partial charge in [-0.3, -0.25) is 0 Å². The highest BCUT2D eigenvalue weighted by molar-refractivity contribution is 6.34. The molecule has 126 valence electrons. The van der Waals surface area contributed by atoms with E-state index < -0.39 is 0 Å². The Hall–Kier alpha value is -3.19. The van der Waals surface area contributed by atoms with Crippen molar-refractivity contribution >= 4 is 23.8 Å². The molecule has 1 heterocycles. The van der Waals surface area contributed by atoms with Crippen molar-refractivity contribution in [2.24, 2.45) is 5.10 Å². The monoisotopic (exact) mass is 355 g/mol. The van der Waals surface area contributed by atoms with Gasteiger partial charge >= 0.3 is 0 Å². The summed E-state index contributed by atoms with van der Waals surface area (Å²) in [5.41, 5.74) is 4.64. The molecule has 0 spiro atoms. The Labute approximate surface area is 149 Å². The fraction of sp³-hybridized carbons (Fsp3) is 0.0588. The van der Waals surface area contributed by atoms with Crippen LogP contribution in [0.15, 0.2) is 53.8 Å². The molecule has 0 atom stereocenters. The van der Waals surface area contributed by atoms with Crippen molar-refractivity contribution in [3.63, 3.8) is 0 Å². The molecule has 7 nitrogen and oxygen atoms in total. The maximum atomic E-state index is 9.57. The third-order valence-corrected chi connectivity index (χ3v) is 3.73. The average molecular weight is 356 g/mol. The van der Waals surface area contributed by atoms with Gasteiger partial charge in [-0.05, 0) is 18.2 Å². The molecule has 0 radical (unpaired) electrons. The smallest absolute Gasteiger partial charge is 0.263 e. The van der Waals surface area contributed by atoms with E-state index in [0.717, 1.165) is 5.56 Å². The molecule has 8 heteroatoms. The summed E-state index contributed by atoms with van der Waals surface area (Å²) in [6.45, 7) is 0. The molecular weight excluding hydrogens is 342 g/mol. The van der Waals surface area contributed by atoms with Crippen LogP contribution in [0.1, 0.15) is 5.56 Å². The summed E-state index contributed by atoms with van der Waals surface area (Å²) >= 11 is 5.99. The van der Waals surface area contributed by atoms with Crippen molar-refractivity contribution in [3.05, 3.63) is 59.2 Å². The molecule has 0 fully saturated rings. The zero-order chi connectivity index (χ0) is 17.6. The Balaban J connectivity index is 1.80. The van der Waals surface area contributed by atoms with Gasteiger partial charge in [-0.15, -0.1) is 5.10 Å². The van der Waals surface area contributed by atoms with Gasteiger partial charge in [-0.25, -0.2) is 10.4 Å². The highest BCUT2D eigenvalue weighted by Gasteiger charge is 2.08. The van der Waals surface area contributed by atoms with Gasteiger partial charge < -0.3 is 9.84 Å². The normalized spacial score (nSPS) is 10.8. The van der Waals surface area contributed by atoms with Crippen LogP contribution in [0.25, 0.3) is 11.3 Å². The Morgan fingerprint density at radius 2 is 2.04 bits per heavy atom. The van der Waals surface area contributed by atoms with E-state index in [1.54, 1.807) is 25.4 Å². The van der Waals surface area contributed by atoms with Crippen LogP contribution in [0.2, 0.25) is 5.02 Å². The fourth-order valence-electron chi connectivity index (χ4n) is 2.13. The number of phenols is 1. The zero-order valence-corrected chi connectivity index (χ0v) is 14.0. The second-order valence-electron chi connectivity index (χ2n) is 4.92. The first-order chi connectivity index (χ1) is 12.2. The minimum atomic E-state index is -0.0123. The molecule has 0 saturated carbocycles. The number of halogens is 1. The standard InChI is InChI=1S/C17H14ClN5O2/c1-25-15-8-3-2-6-12(15)13-10-20-23-17(21-13)22-19-9-11-5-4-7-14(24)16(11)18/h2-10,24H,1H3,(H,21,22,23)/b19-9+. The van der Waals surface area contributed by atoms with Crippen molar-refractivity contribution in [1.82, 2.24) is 15.2 Å². The van der Waals surface area contributed by atoms with Crippen LogP contribution in [0, 0.1) is 0 Å². The summed E-state index contributed by atoms with van der Waals surface area (Å²) in [6, 6.07) is 12.4. The topological polar surface area (TPSA) is 92.5 Å². The zero-order valence-electron chi connectivity index (χ0n) is 13.2. The number of nitrogens with zero attached hydrogens (tertiary/aromatic N) is 4. The molecule has 0 aliphatic heterocycles. The van der Waals surface area contributed by atoms with Crippen molar-refractivity contribution < 1.29 is 9.84 Å². The van der Waals surface area contributed by atoms with Crippen LogP contribution in [-0.2, 0) is 0 Å². The Kier molecular flexibility index (Phi) is 5.06. The molecule has 0 unspecified atom stereocenters. The summed E-state index contributed by atoms with van der Waals surface area (Å²) in [4.78, 5) is 4.36. The van der Waals surface area contributed by atoms with Gasteiger partial charge in [0, 0.05) is 11.1 Å². The third-order valence-electron chi connectivity index (χ3n) is 3.32. The number of hydrogen-bond acceptors (Lipinski definition) is 7. The SMILES string of the molecule is COc1ccccc1-c1cnnc(N/N=C/c2cccc(O)c2Cl)n1. The van der Waals surface area contributed by atoms with Gasteiger partial charge in [0.15, 0.2) is 0 Å². The summed E-state index contributed by atoms with van der Waals surface area (Å²) in [5.74, 6) is 0.890. The predicted molar refractivity (Wildman–Crippen MR) is 96.1 cm³/mol. The molecule has 3 aromatic rings. The Morgan fingerprint density at radius 1 is 1.20 bits per heavy atom. The van der Waals surface area contributed by atoms with Crippen LogP contribution >= 0.6 is 11.6 Å². The van der Waals surface area contributed by atoms with Gasteiger partial charge in [0.05, 0.1) is 30.2 Å². The molecule has 1 aromatic heterocycles. The van der Waals surface area contributed by atoms with E-state index in [0.29, 0.717) is 17.0 Å². The summed E-state index contributed by atoms with van der Waals surface area (Å²) in [7, 11) is 1.59. The van der Waals surface area contributed by atoms with E-state index in [4.69, 9.17) is 16.3 Å². The van der Waals surface area contributed by atoms with E-state index in [1.807, 2.05) is 24.3 Å². The largest absolute Gasteiger partial charge is 0.506 e. The van der Waals surface area contributed by atoms with Crippen molar-refractivity contribution in [1.29, 1.82) is 0 Å². The lowest BCUT2D eigenvalue weighted by atomic mass is 10.1. The number of para-hydroxylation sites is 1. The minimum absolute atomic E-state index is 0.0123. The fourth-order valence-corrected chi connectivity index (χ4v) is 2.31. The van der Waals surface area contributed by atoms with Crippen molar-refractivity contribution in [2.75, 3.05) is 12.5 Å². The molecule has 0 bridgehead atoms. The minimum Gasteiger partial charge on any atom is -0.506 e. The number of rotatable bonds is 5. The number of ether oxygens (including phenoxy) is 1. The van der Waals surface area contributed by atoms with Gasteiger partial charge in [-0.2, -0.15) is 10.2 Å². The molecular formula is C17H14ClN5O2. The van der Waals surface area contributed by atoms with E-state index in [-0.39, 0.29) is 16.7 Å². The molecule has 0 amide bonds. The van der Waals surface area contributed by atoms with Crippen LogP contribution < -0.4 is 10.2 Å². The lowest BCUT2D eigenvalue weighted by molar-refractivity contribution is 0.416. The number of benzene rings is 2. The number of hydrazone groups is 1. The maximum Gasteiger partial charge on any atom is 0.263 e. The Morgan fingerprint density at radius 3 is 2.88 bits per heavy atom. The molecule has 25 heavy (non-hydrogen) atoms. The predicted octanol–water partition coefficient (Wildman–Crippen LogP) is 3.35. The van der Waals surface area contributed by atoms with Gasteiger partial charge in [0.2, 0.25) is 0 Å². The first kappa shape index (κ1) is 16.7. The summed E-state index contributed by atoms with van der Waals surface area (Å²) in [6.07, 6.45) is 3.00. The number of aromatic nitrogens is 3. The molecule has 2 N–H and O–H groups in total. The maximum absolute atomic E-state index is 9.57. The lowest BCUT2D eigenvalue weighted by Crippen LogP contribution is -2.00. The molecule has 2 aromatic carbocycles. The number of nitrogens with one attached hydrogen (secondary N) is 1. The molecule has 0 aliphatic carbocycles. The highest BCUT2D eigenvalue weighted by atomic mass is 35.5. The van der Waals surface area contributed by atoms with Gasteiger partial charge in [-0.1, -0.05) is 35.9 Å². The highest BCUT2D eigenvalue weighted by Crippen LogP contribution is 2.28. The summed E-state index contributed by atoms with van der Waals surface area (Å²) < 4.78 is 5.33. The van der Waals surface area contributed by atoms with Gasteiger partial charge in [0.25, 0.3) is 5.95 Å². The average Bonchev–Trinajstić information content (AvgIpc) is 2.65. The first-order valence-corrected chi connectivity index (χ1v) is 7.66. The van der Waals surface area contributed by atoms with E-state index in [1.165, 1.54) is 12.3 Å². The number of hydrogen-bond donors (Lipinski definition) is 2. The van der Waals surface area contributed by atoms with Crippen molar-refractivity contribution in [2.45, 2.75) is 0 Å². The number of aromatic hydroxyl groups is 1. The van der Waals surface area contributed by atoms with E-state index in [2.05, 4.69) is 25.7 Å². The van der Waals surface area contributed by atoms with Crippen LogP contribution in [0.4, 0.5) is 5.95 Å². The number of phenolic OH excluding ortho intramolecular Hbond substituents is 1.